The molecule has 0 aliphatic carbocycles. The summed E-state index contributed by atoms with van der Waals surface area (Å²) in [7, 11) is 1.61. The van der Waals surface area contributed by atoms with Crippen LogP contribution in [0.3, 0.4) is 0 Å². The Hall–Kier alpha value is -5.64. The van der Waals surface area contributed by atoms with Crippen molar-refractivity contribution in [2.45, 2.75) is 25.9 Å². The molecule has 0 spiro atoms. The Morgan fingerprint density at radius 1 is 0.894 bits per heavy atom. The second-order valence-electron chi connectivity index (χ2n) is 10.7. The number of aryl methyl sites for hydroxylation is 1. The van der Waals surface area contributed by atoms with Gasteiger partial charge in [-0.05, 0) is 73.9 Å². The van der Waals surface area contributed by atoms with Crippen LogP contribution < -0.4 is 25.1 Å². The average molecular weight is 641 g/mol. The number of benzene rings is 4. The number of phenols is 1. The van der Waals surface area contributed by atoms with Gasteiger partial charge >= 0.3 is 0 Å². The maximum absolute atomic E-state index is 14.7. The van der Waals surface area contributed by atoms with Crippen molar-refractivity contribution in [1.29, 1.82) is 0 Å². The molecular weight excluding hydrogens is 606 g/mol. The summed E-state index contributed by atoms with van der Waals surface area (Å²) in [4.78, 5) is 25.2. The zero-order valence-corrected chi connectivity index (χ0v) is 25.9. The number of amides is 1. The summed E-state index contributed by atoms with van der Waals surface area (Å²) in [5.74, 6) is -1.10. The van der Waals surface area contributed by atoms with Crippen molar-refractivity contribution in [1.82, 2.24) is 9.88 Å². The van der Waals surface area contributed by atoms with Crippen molar-refractivity contribution < 1.29 is 32.9 Å². The topological polar surface area (TPSA) is 99.0 Å². The summed E-state index contributed by atoms with van der Waals surface area (Å²) in [6, 6.07) is 25.3. The third-order valence-corrected chi connectivity index (χ3v) is 7.37. The molecule has 2 N–H and O–H groups in total. The second kappa shape index (κ2) is 15.1. The molecule has 8 nitrogen and oxygen atoms in total. The number of nitrogens with zero attached hydrogens (tertiary/aromatic N) is 1. The normalized spacial score (nSPS) is 11.5. The lowest BCUT2D eigenvalue weighted by Crippen LogP contribution is -2.25. The first-order valence-electron chi connectivity index (χ1n) is 15.1. The third kappa shape index (κ3) is 8.15. The number of halogens is 2. The number of ether oxygens (including phenoxy) is 3. The lowest BCUT2D eigenvalue weighted by molar-refractivity contribution is 0.0947. The van der Waals surface area contributed by atoms with Gasteiger partial charge in [-0.2, -0.15) is 0 Å². The van der Waals surface area contributed by atoms with E-state index in [0.29, 0.717) is 42.0 Å². The summed E-state index contributed by atoms with van der Waals surface area (Å²) >= 11 is 0. The van der Waals surface area contributed by atoms with Crippen LogP contribution in [0.25, 0.3) is 11.1 Å². The van der Waals surface area contributed by atoms with Crippen LogP contribution in [0.15, 0.2) is 108 Å². The molecule has 4 aromatic carbocycles. The average Bonchev–Trinajstić information content (AvgIpc) is 3.06. The van der Waals surface area contributed by atoms with E-state index >= 15 is 0 Å². The Morgan fingerprint density at radius 3 is 2.38 bits per heavy atom. The lowest BCUT2D eigenvalue weighted by atomic mass is 9.97. The molecule has 5 rings (SSSR count). The standard InChI is InChI=1S/C37H34F2N2O6/c1-3-45-35-22-36(43)41(2)23-29(35)28-20-24(15-17-33(28)47-34-18-16-25(38)21-30(34)39)32(46-26-10-5-4-6-11-26)14-9-19-40-37(44)27-12-7-8-13-31(27)42/h4-8,10-13,15-18,20-23,32,42H,3,9,14,19H2,1-2H3,(H,40,44). The second-order valence-corrected chi connectivity index (χ2v) is 10.7. The minimum absolute atomic E-state index is 0.101. The van der Waals surface area contributed by atoms with Gasteiger partial charge in [0.1, 0.15) is 34.9 Å². The van der Waals surface area contributed by atoms with Gasteiger partial charge in [0.15, 0.2) is 11.6 Å². The van der Waals surface area contributed by atoms with Crippen molar-refractivity contribution in [2.75, 3.05) is 13.2 Å². The van der Waals surface area contributed by atoms with Crippen molar-refractivity contribution >= 4 is 5.91 Å². The van der Waals surface area contributed by atoms with E-state index in [9.17, 15) is 23.5 Å². The largest absolute Gasteiger partial charge is 0.507 e. The Labute approximate surface area is 270 Å². The van der Waals surface area contributed by atoms with Gasteiger partial charge in [0, 0.05) is 43.0 Å². The Kier molecular flexibility index (Phi) is 10.5. The maximum atomic E-state index is 14.7. The van der Waals surface area contributed by atoms with Gasteiger partial charge in [-0.1, -0.05) is 36.4 Å². The van der Waals surface area contributed by atoms with Crippen LogP contribution >= 0.6 is 0 Å². The lowest BCUT2D eigenvalue weighted by Gasteiger charge is -2.22. The van der Waals surface area contributed by atoms with E-state index in [1.165, 1.54) is 22.8 Å². The molecule has 1 heterocycles. The molecule has 0 saturated carbocycles. The molecule has 47 heavy (non-hydrogen) atoms. The molecule has 10 heteroatoms. The van der Waals surface area contributed by atoms with Crippen LogP contribution in [0.1, 0.15) is 41.8 Å². The molecule has 0 radical (unpaired) electrons. The van der Waals surface area contributed by atoms with Crippen LogP contribution in [0.5, 0.6) is 28.7 Å². The predicted octanol–water partition coefficient (Wildman–Crippen LogP) is 7.56. The molecule has 0 aliphatic heterocycles. The summed E-state index contributed by atoms with van der Waals surface area (Å²) in [5, 5.41) is 12.9. The fourth-order valence-electron chi connectivity index (χ4n) is 5.02. The first kappa shape index (κ1) is 32.7. The van der Waals surface area contributed by atoms with E-state index in [1.807, 2.05) is 36.4 Å². The van der Waals surface area contributed by atoms with Crippen LogP contribution in [0.2, 0.25) is 0 Å². The van der Waals surface area contributed by atoms with E-state index in [1.54, 1.807) is 50.5 Å². The summed E-state index contributed by atoms with van der Waals surface area (Å²) < 4.78 is 48.0. The fraction of sp³-hybridized carbons (Fsp3) is 0.189. The fourth-order valence-corrected chi connectivity index (χ4v) is 5.02. The van der Waals surface area contributed by atoms with Gasteiger partial charge in [0.25, 0.3) is 11.5 Å². The number of aromatic hydroxyl groups is 1. The molecule has 0 aliphatic rings. The Bertz CT molecular complexity index is 1910. The first-order valence-corrected chi connectivity index (χ1v) is 15.1. The highest BCUT2D eigenvalue weighted by atomic mass is 19.1. The highest BCUT2D eigenvalue weighted by Crippen LogP contribution is 2.41. The number of carbonyl (C=O) groups is 1. The number of carbonyl (C=O) groups excluding carboxylic acids is 1. The Balaban J connectivity index is 1.50. The highest BCUT2D eigenvalue weighted by Gasteiger charge is 2.21. The highest BCUT2D eigenvalue weighted by molar-refractivity contribution is 5.96. The van der Waals surface area contributed by atoms with Crippen LogP contribution in [0, 0.1) is 11.6 Å². The van der Waals surface area contributed by atoms with E-state index in [-0.39, 0.29) is 35.0 Å². The predicted molar refractivity (Wildman–Crippen MR) is 174 cm³/mol. The molecule has 242 valence electrons. The molecule has 5 aromatic rings. The van der Waals surface area contributed by atoms with Crippen molar-refractivity contribution in [3.8, 4) is 39.9 Å². The third-order valence-electron chi connectivity index (χ3n) is 7.37. The number of phenolic OH excluding ortho intramolecular Hbond substituents is 1. The number of hydrogen-bond donors (Lipinski definition) is 2. The maximum Gasteiger partial charge on any atom is 0.255 e. The minimum atomic E-state index is -0.873. The summed E-state index contributed by atoms with van der Waals surface area (Å²) in [6.07, 6.45) is 2.11. The first-order chi connectivity index (χ1) is 22.7. The molecule has 0 fully saturated rings. The molecule has 0 bridgehead atoms. The number of para-hydroxylation sites is 2. The van der Waals surface area contributed by atoms with Gasteiger partial charge in [-0.3, -0.25) is 9.59 Å². The summed E-state index contributed by atoms with van der Waals surface area (Å²) in [5.41, 5.74) is 1.64. The zero-order chi connectivity index (χ0) is 33.3. The molecule has 1 aromatic heterocycles. The quantitative estimate of drug-likeness (QED) is 0.129. The van der Waals surface area contributed by atoms with E-state index < -0.39 is 23.6 Å². The van der Waals surface area contributed by atoms with Gasteiger partial charge in [-0.15, -0.1) is 0 Å². The minimum Gasteiger partial charge on any atom is -0.507 e. The molecular formula is C37H34F2N2O6. The van der Waals surface area contributed by atoms with Crippen molar-refractivity contribution in [3.05, 3.63) is 136 Å². The molecule has 0 saturated heterocycles. The summed E-state index contributed by atoms with van der Waals surface area (Å²) in [6.45, 7) is 2.40. The number of pyridine rings is 1. The monoisotopic (exact) mass is 640 g/mol. The SMILES string of the molecule is CCOc1cc(=O)n(C)cc1-c1cc(C(CCCNC(=O)c2ccccc2O)Oc2ccccc2)ccc1Oc1ccc(F)cc1F. The zero-order valence-electron chi connectivity index (χ0n) is 25.9. The van der Waals surface area contributed by atoms with Gasteiger partial charge in [0.2, 0.25) is 0 Å². The van der Waals surface area contributed by atoms with E-state index in [4.69, 9.17) is 14.2 Å². The number of aromatic nitrogens is 1. The molecule has 1 unspecified atom stereocenters. The number of hydrogen-bond acceptors (Lipinski definition) is 6. The number of rotatable bonds is 13. The van der Waals surface area contributed by atoms with E-state index in [2.05, 4.69) is 5.32 Å². The van der Waals surface area contributed by atoms with Crippen molar-refractivity contribution in [3.63, 3.8) is 0 Å². The molecule has 1 atom stereocenters. The Morgan fingerprint density at radius 2 is 1.64 bits per heavy atom. The smallest absolute Gasteiger partial charge is 0.255 e. The van der Waals surface area contributed by atoms with Crippen molar-refractivity contribution in [2.24, 2.45) is 7.05 Å². The van der Waals surface area contributed by atoms with E-state index in [0.717, 1.165) is 17.7 Å². The number of nitrogens with one attached hydrogen (secondary N) is 1. The van der Waals surface area contributed by atoms with Gasteiger partial charge in [0.05, 0.1) is 12.2 Å². The van der Waals surface area contributed by atoms with Crippen LogP contribution in [-0.4, -0.2) is 28.7 Å². The van der Waals surface area contributed by atoms with Gasteiger partial charge < -0.3 is 29.2 Å². The van der Waals surface area contributed by atoms with Crippen LogP contribution in [-0.2, 0) is 7.05 Å². The molecule has 1 amide bonds. The van der Waals surface area contributed by atoms with Crippen LogP contribution in [0.4, 0.5) is 8.78 Å². The van der Waals surface area contributed by atoms with Gasteiger partial charge in [-0.25, -0.2) is 8.78 Å².